The average Bonchev–Trinajstić information content (AvgIpc) is 3.35. The first-order valence-electron chi connectivity index (χ1n) is 14.3. The number of aliphatic hydroxyl groups is 1. The summed E-state index contributed by atoms with van der Waals surface area (Å²) in [6.45, 7) is 5.63. The summed E-state index contributed by atoms with van der Waals surface area (Å²) in [7, 11) is 1.42. The molecule has 2 N–H and O–H groups in total. The van der Waals surface area contributed by atoms with Crippen LogP contribution in [0.15, 0.2) is 24.4 Å². The Bertz CT molecular complexity index is 1350. The van der Waals surface area contributed by atoms with E-state index in [1.165, 1.54) is 12.0 Å². The average molecular weight is 612 g/mol. The Kier molecular flexibility index (Phi) is 7.83. The van der Waals surface area contributed by atoms with Crippen LogP contribution >= 0.6 is 11.6 Å². The van der Waals surface area contributed by atoms with Crippen molar-refractivity contribution in [2.45, 2.75) is 83.7 Å². The lowest BCUT2D eigenvalue weighted by molar-refractivity contribution is -0.152. The van der Waals surface area contributed by atoms with E-state index in [1.807, 2.05) is 0 Å². The molecule has 0 spiro atoms. The lowest BCUT2D eigenvalue weighted by atomic mass is 9.74. The number of carboxylic acid groups (broad SMARTS) is 1. The van der Waals surface area contributed by atoms with E-state index in [1.54, 1.807) is 25.1 Å². The van der Waals surface area contributed by atoms with E-state index in [2.05, 4.69) is 18.9 Å². The van der Waals surface area contributed by atoms with E-state index in [-0.39, 0.29) is 54.3 Å². The minimum Gasteiger partial charge on any atom is -0.496 e. The van der Waals surface area contributed by atoms with Gasteiger partial charge >= 0.3 is 12.1 Å². The standard InChI is InChI=1S/C30H37ClF3N3O5/c1-28(2)19-12-17(13-20(19)28)36(15-22(38)24-21(31)6-5-7-23(24)42-4)26(39)18-14-35-37(25(18)30(32,33)34)16-8-10-29(3,11-9-16)27(40)41/h5-7,14,16-17,19-20,22,38H,8-13,15H2,1-4H3,(H,40,41)/t16?,17-,19+,20-,22?,29?. The molecule has 1 amide bonds. The third-order valence-electron chi connectivity index (χ3n) is 10.2. The molecule has 2 aromatic rings. The van der Waals surface area contributed by atoms with Crippen LogP contribution in [0.3, 0.4) is 0 Å². The molecule has 0 saturated heterocycles. The topological polar surface area (TPSA) is 105 Å². The molecule has 5 rings (SSSR count). The maximum atomic E-state index is 14.6. The molecule has 1 aromatic carbocycles. The molecule has 12 heteroatoms. The normalized spacial score (nSPS) is 29.1. The van der Waals surface area contributed by atoms with Crippen LogP contribution in [0.4, 0.5) is 13.2 Å². The van der Waals surface area contributed by atoms with E-state index in [0.717, 1.165) is 10.9 Å². The van der Waals surface area contributed by atoms with Crippen molar-refractivity contribution in [3.63, 3.8) is 0 Å². The van der Waals surface area contributed by atoms with Gasteiger partial charge in [-0.05, 0) is 74.8 Å². The molecule has 1 heterocycles. The summed E-state index contributed by atoms with van der Waals surface area (Å²) in [5.74, 6) is -0.822. The molecule has 8 nitrogen and oxygen atoms in total. The number of halogens is 4. The Hall–Kier alpha value is -2.79. The predicted molar refractivity (Wildman–Crippen MR) is 148 cm³/mol. The molecule has 0 bridgehead atoms. The number of aliphatic hydroxyl groups excluding tert-OH is 1. The second-order valence-electron chi connectivity index (χ2n) is 12.9. The highest BCUT2D eigenvalue weighted by atomic mass is 35.5. The zero-order valence-corrected chi connectivity index (χ0v) is 24.9. The SMILES string of the molecule is COc1cccc(Cl)c1C(O)CN(C(=O)c1cnn(C2CCC(C)(C(=O)O)CC2)c1C(F)(F)F)[C@H]1C[C@@H]2[C@H](C1)C2(C)C. The number of fused-ring (bicyclic) bond motifs is 1. The molecule has 4 atom stereocenters. The van der Waals surface area contributed by atoms with Gasteiger partial charge in [0.1, 0.15) is 11.9 Å². The number of benzene rings is 1. The minimum absolute atomic E-state index is 0.114. The van der Waals surface area contributed by atoms with E-state index < -0.39 is 46.9 Å². The van der Waals surface area contributed by atoms with Crippen molar-refractivity contribution in [2.24, 2.45) is 22.7 Å². The first kappa shape index (κ1) is 30.7. The summed E-state index contributed by atoms with van der Waals surface area (Å²) < 4.78 is 50.1. The number of ether oxygens (including phenoxy) is 1. The smallest absolute Gasteiger partial charge is 0.433 e. The van der Waals surface area contributed by atoms with Crippen molar-refractivity contribution in [3.05, 3.63) is 46.2 Å². The van der Waals surface area contributed by atoms with Gasteiger partial charge in [0.05, 0.1) is 41.9 Å². The molecular weight excluding hydrogens is 575 g/mol. The van der Waals surface area contributed by atoms with Crippen LogP contribution in [-0.2, 0) is 11.0 Å². The van der Waals surface area contributed by atoms with Gasteiger partial charge < -0.3 is 19.8 Å². The quantitative estimate of drug-likeness (QED) is 0.359. The van der Waals surface area contributed by atoms with E-state index in [9.17, 15) is 33.0 Å². The van der Waals surface area contributed by atoms with Gasteiger partial charge in [0, 0.05) is 11.6 Å². The lowest BCUT2D eigenvalue weighted by Gasteiger charge is -2.35. The second kappa shape index (κ2) is 10.7. The van der Waals surface area contributed by atoms with Crippen molar-refractivity contribution in [2.75, 3.05) is 13.7 Å². The zero-order valence-electron chi connectivity index (χ0n) is 24.1. The van der Waals surface area contributed by atoms with Gasteiger partial charge in [-0.3, -0.25) is 14.3 Å². The fourth-order valence-electron chi connectivity index (χ4n) is 7.36. The lowest BCUT2D eigenvalue weighted by Crippen LogP contribution is -2.43. The van der Waals surface area contributed by atoms with E-state index in [4.69, 9.17) is 16.3 Å². The molecule has 3 fully saturated rings. The van der Waals surface area contributed by atoms with Gasteiger partial charge in [-0.15, -0.1) is 0 Å². The Morgan fingerprint density at radius 1 is 1.19 bits per heavy atom. The molecule has 42 heavy (non-hydrogen) atoms. The highest BCUT2D eigenvalue weighted by Gasteiger charge is 2.63. The van der Waals surface area contributed by atoms with Gasteiger partial charge in [-0.1, -0.05) is 31.5 Å². The monoisotopic (exact) mass is 611 g/mol. The van der Waals surface area contributed by atoms with Crippen LogP contribution < -0.4 is 4.74 Å². The van der Waals surface area contributed by atoms with Gasteiger partial charge in [0.25, 0.3) is 5.91 Å². The summed E-state index contributed by atoms with van der Waals surface area (Å²) in [5.41, 5.74) is -2.35. The van der Waals surface area contributed by atoms with Crippen molar-refractivity contribution < 1.29 is 37.7 Å². The Morgan fingerprint density at radius 2 is 1.81 bits per heavy atom. The number of alkyl halides is 3. The number of amides is 1. The fourth-order valence-corrected chi connectivity index (χ4v) is 7.65. The molecular formula is C30H37ClF3N3O5. The number of hydrogen-bond donors (Lipinski definition) is 2. The molecule has 230 valence electrons. The van der Waals surface area contributed by atoms with E-state index >= 15 is 0 Å². The highest BCUT2D eigenvalue weighted by Crippen LogP contribution is 2.67. The number of aromatic nitrogens is 2. The molecule has 0 aliphatic heterocycles. The predicted octanol–water partition coefficient (Wildman–Crippen LogP) is 6.38. The Labute approximate surface area is 247 Å². The van der Waals surface area contributed by atoms with Crippen LogP contribution in [0.5, 0.6) is 5.75 Å². The van der Waals surface area contributed by atoms with Gasteiger partial charge in [-0.25, -0.2) is 0 Å². The summed E-state index contributed by atoms with van der Waals surface area (Å²) in [4.78, 5) is 27.1. The van der Waals surface area contributed by atoms with Crippen molar-refractivity contribution in [1.82, 2.24) is 14.7 Å². The number of carbonyl (C=O) groups excluding carboxylic acids is 1. The number of aliphatic carboxylic acids is 1. The summed E-state index contributed by atoms with van der Waals surface area (Å²) in [5, 5.41) is 25.1. The minimum atomic E-state index is -4.88. The molecule has 0 radical (unpaired) electrons. The Balaban J connectivity index is 1.48. The van der Waals surface area contributed by atoms with Crippen LogP contribution in [0.1, 0.15) is 93.1 Å². The van der Waals surface area contributed by atoms with Gasteiger partial charge in [0.15, 0.2) is 5.69 Å². The largest absolute Gasteiger partial charge is 0.496 e. The van der Waals surface area contributed by atoms with Gasteiger partial charge in [-0.2, -0.15) is 18.3 Å². The molecule has 3 aliphatic rings. The second-order valence-corrected chi connectivity index (χ2v) is 13.3. The summed E-state index contributed by atoms with van der Waals surface area (Å²) in [6.07, 6.45) is -3.19. The third kappa shape index (κ3) is 5.27. The summed E-state index contributed by atoms with van der Waals surface area (Å²) in [6, 6.07) is 3.80. The van der Waals surface area contributed by atoms with Gasteiger partial charge in [0.2, 0.25) is 0 Å². The van der Waals surface area contributed by atoms with Crippen molar-refractivity contribution in [3.8, 4) is 5.75 Å². The number of carbonyl (C=O) groups is 2. The number of carboxylic acids is 1. The first-order valence-corrected chi connectivity index (χ1v) is 14.7. The zero-order chi connectivity index (χ0) is 30.8. The van der Waals surface area contributed by atoms with Crippen LogP contribution in [-0.4, -0.2) is 56.5 Å². The number of hydrogen-bond acceptors (Lipinski definition) is 5. The molecule has 1 aromatic heterocycles. The van der Waals surface area contributed by atoms with Crippen LogP contribution in [0.25, 0.3) is 0 Å². The number of rotatable bonds is 8. The van der Waals surface area contributed by atoms with Crippen molar-refractivity contribution in [1.29, 1.82) is 0 Å². The fraction of sp³-hybridized carbons (Fsp3) is 0.633. The summed E-state index contributed by atoms with van der Waals surface area (Å²) >= 11 is 6.38. The maximum Gasteiger partial charge on any atom is 0.433 e. The first-order chi connectivity index (χ1) is 19.6. The number of nitrogens with zero attached hydrogens (tertiary/aromatic N) is 3. The molecule has 3 aliphatic carbocycles. The van der Waals surface area contributed by atoms with E-state index in [0.29, 0.717) is 30.4 Å². The molecule has 1 unspecified atom stereocenters. The number of methoxy groups -OCH3 is 1. The Morgan fingerprint density at radius 3 is 2.36 bits per heavy atom. The maximum absolute atomic E-state index is 14.6. The molecule has 3 saturated carbocycles. The van der Waals surface area contributed by atoms with Crippen LogP contribution in [0.2, 0.25) is 5.02 Å². The van der Waals surface area contributed by atoms with Crippen LogP contribution in [0, 0.1) is 22.7 Å². The third-order valence-corrected chi connectivity index (χ3v) is 10.5. The highest BCUT2D eigenvalue weighted by molar-refractivity contribution is 6.31. The van der Waals surface area contributed by atoms with Crippen molar-refractivity contribution >= 4 is 23.5 Å².